The monoisotopic (exact) mass is 713 g/mol. The largest absolute Gasteiger partial charge is 0.309 e. The van der Waals surface area contributed by atoms with E-state index in [2.05, 4.69) is 144 Å². The number of nitrogens with zero attached hydrogens (tertiary/aromatic N) is 5. The Balaban J connectivity index is 1.13. The van der Waals surface area contributed by atoms with Gasteiger partial charge in [0.05, 0.1) is 21.3 Å². The zero-order chi connectivity index (χ0) is 34.9. The lowest BCUT2D eigenvalue weighted by atomic mass is 10.0. The molecule has 11 rings (SSSR count). The van der Waals surface area contributed by atoms with Crippen LogP contribution in [-0.4, -0.2) is 24.5 Å². The van der Waals surface area contributed by atoms with Crippen molar-refractivity contribution in [1.29, 1.82) is 0 Å². The van der Waals surface area contributed by atoms with E-state index in [9.17, 15) is 0 Å². The number of fused-ring (bicyclic) bond motifs is 7. The van der Waals surface area contributed by atoms with Crippen molar-refractivity contribution < 1.29 is 0 Å². The van der Waals surface area contributed by atoms with Crippen LogP contribution in [0.15, 0.2) is 164 Å². The third-order valence-electron chi connectivity index (χ3n) is 9.89. The molecular weight excluding hydrogens is 687 g/mol. The normalized spacial score (nSPS) is 11.8. The molecule has 0 aliphatic carbocycles. The number of rotatable bonds is 5. The van der Waals surface area contributed by atoms with Crippen LogP contribution in [0.2, 0.25) is 0 Å². The number of aromatic nitrogens is 5. The fourth-order valence-electron chi connectivity index (χ4n) is 7.45. The number of hydrogen-bond donors (Lipinski definition) is 0. The summed E-state index contributed by atoms with van der Waals surface area (Å²) in [7, 11) is 0. The van der Waals surface area contributed by atoms with Crippen molar-refractivity contribution in [3.05, 3.63) is 164 Å². The zero-order valence-corrected chi connectivity index (χ0v) is 29.8. The fourth-order valence-corrected chi connectivity index (χ4v) is 9.52. The average molecular weight is 714 g/mol. The van der Waals surface area contributed by atoms with Crippen molar-refractivity contribution in [1.82, 2.24) is 24.5 Å². The highest BCUT2D eigenvalue weighted by atomic mass is 32.1. The van der Waals surface area contributed by atoms with Crippen LogP contribution in [0.1, 0.15) is 0 Å². The lowest BCUT2D eigenvalue weighted by molar-refractivity contribution is 1.08. The van der Waals surface area contributed by atoms with Crippen molar-refractivity contribution in [3.8, 4) is 50.4 Å². The smallest absolute Gasteiger partial charge is 0.164 e. The summed E-state index contributed by atoms with van der Waals surface area (Å²) in [6.07, 6.45) is 0. The fraction of sp³-hybridized carbons (Fsp3) is 0. The summed E-state index contributed by atoms with van der Waals surface area (Å²) in [6, 6.07) is 57.3. The summed E-state index contributed by atoms with van der Waals surface area (Å²) < 4.78 is 5.92. The van der Waals surface area contributed by atoms with Crippen LogP contribution in [0.5, 0.6) is 0 Å². The van der Waals surface area contributed by atoms with Gasteiger partial charge in [-0.25, -0.2) is 19.9 Å². The van der Waals surface area contributed by atoms with Gasteiger partial charge >= 0.3 is 0 Å². The zero-order valence-electron chi connectivity index (χ0n) is 28.1. The first-order valence-electron chi connectivity index (χ1n) is 17.5. The predicted molar refractivity (Wildman–Crippen MR) is 222 cm³/mol. The average Bonchev–Trinajstić information content (AvgIpc) is 3.93. The molecule has 0 saturated heterocycles. The van der Waals surface area contributed by atoms with E-state index >= 15 is 0 Å². The minimum atomic E-state index is 0.632. The maximum atomic E-state index is 5.27. The van der Waals surface area contributed by atoms with E-state index in [1.807, 2.05) is 24.3 Å². The third kappa shape index (κ3) is 4.97. The summed E-state index contributed by atoms with van der Waals surface area (Å²) in [5.74, 6) is 1.92. The van der Waals surface area contributed by atoms with E-state index in [0.29, 0.717) is 17.5 Å². The van der Waals surface area contributed by atoms with Crippen LogP contribution in [0.4, 0.5) is 0 Å². The molecule has 0 fully saturated rings. The van der Waals surface area contributed by atoms with E-state index in [4.69, 9.17) is 19.9 Å². The molecule has 0 radical (unpaired) electrons. The van der Waals surface area contributed by atoms with Gasteiger partial charge in [0, 0.05) is 58.9 Å². The van der Waals surface area contributed by atoms with Gasteiger partial charge in [-0.3, -0.25) is 0 Å². The van der Waals surface area contributed by atoms with Crippen LogP contribution < -0.4 is 0 Å². The molecule has 0 unspecified atom stereocenters. The second-order valence-corrected chi connectivity index (χ2v) is 15.2. The Morgan fingerprint density at radius 3 is 1.96 bits per heavy atom. The first kappa shape index (κ1) is 30.1. The molecule has 0 aliphatic rings. The minimum Gasteiger partial charge on any atom is -0.309 e. The number of hydrogen-bond acceptors (Lipinski definition) is 6. The van der Waals surface area contributed by atoms with Crippen LogP contribution in [0.3, 0.4) is 0 Å². The van der Waals surface area contributed by atoms with Gasteiger partial charge in [0.25, 0.3) is 0 Å². The Morgan fingerprint density at radius 1 is 0.396 bits per heavy atom. The number of para-hydroxylation sites is 3. The standard InChI is InChI=1S/C46H27N5S2/c1-3-12-28(13-4-1)43-48-44(29-22-24-33-32-16-7-9-19-37(32)51(38(33)27-29)31-14-5-2-6-15-31)50-45(49-43)34-17-11-21-41-42(34)35-26-30(23-25-39(35)52-41)46-47-36-18-8-10-20-40(36)53-46/h1-27H. The summed E-state index contributed by atoms with van der Waals surface area (Å²) >= 11 is 3.52. The van der Waals surface area contributed by atoms with E-state index in [1.54, 1.807) is 22.7 Å². The van der Waals surface area contributed by atoms with Gasteiger partial charge in [-0.1, -0.05) is 109 Å². The summed E-state index contributed by atoms with van der Waals surface area (Å²) in [5.41, 5.74) is 8.36. The maximum Gasteiger partial charge on any atom is 0.164 e. The van der Waals surface area contributed by atoms with Crippen molar-refractivity contribution in [3.63, 3.8) is 0 Å². The molecule has 248 valence electrons. The number of thiophene rings is 1. The molecule has 4 heterocycles. The molecule has 11 aromatic rings. The molecule has 5 nitrogen and oxygen atoms in total. The molecule has 4 aromatic heterocycles. The lowest BCUT2D eigenvalue weighted by Crippen LogP contribution is -2.00. The van der Waals surface area contributed by atoms with Crippen LogP contribution in [0, 0.1) is 0 Å². The van der Waals surface area contributed by atoms with Crippen molar-refractivity contribution in [2.75, 3.05) is 0 Å². The molecule has 0 N–H and O–H groups in total. The van der Waals surface area contributed by atoms with Gasteiger partial charge in [0.2, 0.25) is 0 Å². The molecule has 0 atom stereocenters. The van der Waals surface area contributed by atoms with Crippen molar-refractivity contribution in [2.45, 2.75) is 0 Å². The van der Waals surface area contributed by atoms with E-state index in [-0.39, 0.29) is 0 Å². The molecule has 0 saturated carbocycles. The first-order chi connectivity index (χ1) is 26.2. The third-order valence-corrected chi connectivity index (χ3v) is 12.1. The molecule has 7 aromatic carbocycles. The van der Waals surface area contributed by atoms with Crippen molar-refractivity contribution >= 4 is 74.9 Å². The van der Waals surface area contributed by atoms with Gasteiger partial charge in [0.15, 0.2) is 17.5 Å². The van der Waals surface area contributed by atoms with Crippen LogP contribution in [0.25, 0.3) is 103 Å². The maximum absolute atomic E-state index is 5.27. The van der Waals surface area contributed by atoms with Gasteiger partial charge < -0.3 is 4.57 Å². The van der Waals surface area contributed by atoms with Gasteiger partial charge in [0.1, 0.15) is 5.01 Å². The number of thiazole rings is 1. The Labute approximate surface area is 312 Å². The van der Waals surface area contributed by atoms with Gasteiger partial charge in [-0.2, -0.15) is 0 Å². The summed E-state index contributed by atoms with van der Waals surface area (Å²) in [6.45, 7) is 0. The van der Waals surface area contributed by atoms with Gasteiger partial charge in [-0.15, -0.1) is 22.7 Å². The van der Waals surface area contributed by atoms with E-state index in [0.717, 1.165) is 54.9 Å². The Morgan fingerprint density at radius 2 is 1.09 bits per heavy atom. The molecule has 0 amide bonds. The van der Waals surface area contributed by atoms with Crippen LogP contribution in [-0.2, 0) is 0 Å². The highest BCUT2D eigenvalue weighted by Gasteiger charge is 2.19. The quantitative estimate of drug-likeness (QED) is 0.178. The lowest BCUT2D eigenvalue weighted by Gasteiger charge is -2.11. The second kappa shape index (κ2) is 12.0. The molecular formula is C46H27N5S2. The topological polar surface area (TPSA) is 56.5 Å². The molecule has 0 bridgehead atoms. The summed E-state index contributed by atoms with van der Waals surface area (Å²) in [5, 5.41) is 5.73. The minimum absolute atomic E-state index is 0.632. The Hall–Kier alpha value is -6.54. The molecule has 53 heavy (non-hydrogen) atoms. The first-order valence-corrected chi connectivity index (χ1v) is 19.1. The molecule has 0 spiro atoms. The van der Waals surface area contributed by atoms with Crippen LogP contribution >= 0.6 is 22.7 Å². The van der Waals surface area contributed by atoms with E-state index in [1.165, 1.54) is 30.3 Å². The Bertz CT molecular complexity index is 3150. The highest BCUT2D eigenvalue weighted by Crippen LogP contribution is 2.42. The number of benzene rings is 7. The van der Waals surface area contributed by atoms with Crippen molar-refractivity contribution in [2.24, 2.45) is 0 Å². The molecule has 7 heteroatoms. The SMILES string of the molecule is c1ccc(-c2nc(-c3ccc4c5ccccc5n(-c5ccccc5)c4c3)nc(-c3cccc4sc5ccc(-c6nc7ccccc7s6)cc5c34)n2)cc1. The Kier molecular flexibility index (Phi) is 6.83. The predicted octanol–water partition coefficient (Wildman–Crippen LogP) is 12.6. The highest BCUT2D eigenvalue weighted by molar-refractivity contribution is 7.26. The second-order valence-electron chi connectivity index (χ2n) is 13.1. The summed E-state index contributed by atoms with van der Waals surface area (Å²) in [4.78, 5) is 20.6. The van der Waals surface area contributed by atoms with Gasteiger partial charge in [-0.05, 0) is 54.6 Å². The van der Waals surface area contributed by atoms with E-state index < -0.39 is 0 Å². The molecule has 0 aliphatic heterocycles.